The molecule has 1 aromatic carbocycles. The number of fused-ring (bicyclic) bond motifs is 1. The van der Waals surface area contributed by atoms with E-state index in [9.17, 15) is 4.39 Å². The summed E-state index contributed by atoms with van der Waals surface area (Å²) < 4.78 is 13.0. The zero-order chi connectivity index (χ0) is 10.3. The van der Waals surface area contributed by atoms with Gasteiger partial charge in [0, 0.05) is 10.9 Å². The Labute approximate surface area is 86.4 Å². The van der Waals surface area contributed by atoms with Crippen LogP contribution in [0.2, 0.25) is 5.02 Å². The molecule has 0 saturated heterocycles. The lowest BCUT2D eigenvalue weighted by Crippen LogP contribution is -2.22. The Morgan fingerprint density at radius 3 is 2.86 bits per heavy atom. The highest BCUT2D eigenvalue weighted by Gasteiger charge is 2.26. The number of benzene rings is 1. The Hall–Kier alpha value is -1.09. The van der Waals surface area contributed by atoms with E-state index in [1.165, 1.54) is 12.1 Å². The van der Waals surface area contributed by atoms with Crippen LogP contribution in [-0.4, -0.2) is 5.84 Å². The van der Waals surface area contributed by atoms with Crippen LogP contribution in [0.3, 0.4) is 0 Å². The molecule has 1 atom stereocenters. The molecule has 0 heterocycles. The van der Waals surface area contributed by atoms with Gasteiger partial charge in [0.05, 0.1) is 5.84 Å². The second-order valence-electron chi connectivity index (χ2n) is 3.59. The monoisotopic (exact) mass is 212 g/mol. The van der Waals surface area contributed by atoms with E-state index in [0.717, 1.165) is 11.1 Å². The summed E-state index contributed by atoms with van der Waals surface area (Å²) in [6, 6.07) is 2.78. The van der Waals surface area contributed by atoms with Gasteiger partial charge in [0.25, 0.3) is 0 Å². The molecule has 0 aromatic heterocycles. The molecule has 4 heteroatoms. The number of rotatable bonds is 1. The average Bonchev–Trinajstić information content (AvgIpc) is 2.47. The Morgan fingerprint density at radius 1 is 1.50 bits per heavy atom. The van der Waals surface area contributed by atoms with E-state index < -0.39 is 0 Å². The summed E-state index contributed by atoms with van der Waals surface area (Å²) >= 11 is 5.89. The van der Waals surface area contributed by atoms with Crippen molar-refractivity contribution < 1.29 is 4.39 Å². The average molecular weight is 213 g/mol. The first kappa shape index (κ1) is 9.46. The normalized spacial score (nSPS) is 19.4. The number of hydrogen-bond donors (Lipinski definition) is 2. The Morgan fingerprint density at radius 2 is 2.21 bits per heavy atom. The number of halogens is 2. The molecule has 0 fully saturated rings. The van der Waals surface area contributed by atoms with E-state index in [-0.39, 0.29) is 17.6 Å². The van der Waals surface area contributed by atoms with Crippen molar-refractivity contribution in [2.45, 2.75) is 12.8 Å². The predicted molar refractivity (Wildman–Crippen MR) is 54.2 cm³/mol. The fourth-order valence-electron chi connectivity index (χ4n) is 1.87. The summed E-state index contributed by atoms with van der Waals surface area (Å²) in [7, 11) is 0. The van der Waals surface area contributed by atoms with Gasteiger partial charge in [0.15, 0.2) is 0 Å². The molecule has 3 N–H and O–H groups in total. The molecule has 0 spiro atoms. The first-order valence-electron chi connectivity index (χ1n) is 4.38. The Kier molecular flexibility index (Phi) is 2.19. The molecule has 2 nitrogen and oxygen atoms in total. The summed E-state index contributed by atoms with van der Waals surface area (Å²) in [5, 5.41) is 7.78. The fraction of sp³-hybridized carbons (Fsp3) is 0.300. The largest absolute Gasteiger partial charge is 0.387 e. The lowest BCUT2D eigenvalue weighted by Gasteiger charge is -2.04. The van der Waals surface area contributed by atoms with Gasteiger partial charge in [-0.1, -0.05) is 11.6 Å². The van der Waals surface area contributed by atoms with Crippen molar-refractivity contribution in [2.24, 2.45) is 11.7 Å². The molecule has 1 unspecified atom stereocenters. The van der Waals surface area contributed by atoms with Gasteiger partial charge in [0.1, 0.15) is 5.82 Å². The van der Waals surface area contributed by atoms with E-state index in [4.69, 9.17) is 22.7 Å². The van der Waals surface area contributed by atoms with Crippen molar-refractivity contribution in [2.75, 3.05) is 0 Å². The standard InChI is InChI=1S/C10H10ClFN2/c11-9-4-7(12)2-5-1-6(10(13)14)3-8(5)9/h2,4,6H,1,3H2,(H3,13,14). The van der Waals surface area contributed by atoms with E-state index in [2.05, 4.69) is 0 Å². The minimum Gasteiger partial charge on any atom is -0.387 e. The minimum atomic E-state index is -0.321. The highest BCUT2D eigenvalue weighted by atomic mass is 35.5. The van der Waals surface area contributed by atoms with Gasteiger partial charge < -0.3 is 5.73 Å². The zero-order valence-corrected chi connectivity index (χ0v) is 8.24. The minimum absolute atomic E-state index is 0.00991. The zero-order valence-electron chi connectivity index (χ0n) is 7.48. The van der Waals surface area contributed by atoms with Crippen LogP contribution in [0.4, 0.5) is 4.39 Å². The molecule has 14 heavy (non-hydrogen) atoms. The summed E-state index contributed by atoms with van der Waals surface area (Å²) in [4.78, 5) is 0. The van der Waals surface area contributed by atoms with E-state index in [1.807, 2.05) is 0 Å². The third-order valence-corrected chi connectivity index (χ3v) is 2.95. The molecule has 1 aliphatic carbocycles. The van der Waals surface area contributed by atoms with Gasteiger partial charge in [-0.15, -0.1) is 0 Å². The second kappa shape index (κ2) is 3.24. The number of hydrogen-bond acceptors (Lipinski definition) is 1. The molecular formula is C10H10ClFN2. The topological polar surface area (TPSA) is 49.9 Å². The molecular weight excluding hydrogens is 203 g/mol. The van der Waals surface area contributed by atoms with Crippen LogP contribution in [0.25, 0.3) is 0 Å². The van der Waals surface area contributed by atoms with Crippen molar-refractivity contribution in [3.63, 3.8) is 0 Å². The summed E-state index contributed by atoms with van der Waals surface area (Å²) in [5.74, 6) is -0.181. The van der Waals surface area contributed by atoms with E-state index in [1.54, 1.807) is 0 Å². The molecule has 0 saturated carbocycles. The van der Waals surface area contributed by atoms with Gasteiger partial charge in [-0.25, -0.2) is 4.39 Å². The molecule has 1 aliphatic rings. The third kappa shape index (κ3) is 1.48. The molecule has 0 amide bonds. The molecule has 2 rings (SSSR count). The fourth-order valence-corrected chi connectivity index (χ4v) is 2.17. The molecule has 0 radical (unpaired) electrons. The Balaban J connectivity index is 2.39. The van der Waals surface area contributed by atoms with Gasteiger partial charge >= 0.3 is 0 Å². The first-order chi connectivity index (χ1) is 6.58. The van der Waals surface area contributed by atoms with Gasteiger partial charge in [0.2, 0.25) is 0 Å². The maximum absolute atomic E-state index is 13.0. The van der Waals surface area contributed by atoms with Crippen LogP contribution in [0.5, 0.6) is 0 Å². The maximum Gasteiger partial charge on any atom is 0.124 e. The van der Waals surface area contributed by atoms with Crippen LogP contribution in [-0.2, 0) is 12.8 Å². The third-order valence-electron chi connectivity index (χ3n) is 2.61. The first-order valence-corrected chi connectivity index (χ1v) is 4.76. The number of nitrogens with two attached hydrogens (primary N) is 1. The summed E-state index contributed by atoms with van der Waals surface area (Å²) in [6.07, 6.45) is 1.28. The quantitative estimate of drug-likeness (QED) is 0.544. The highest BCUT2D eigenvalue weighted by Crippen LogP contribution is 2.32. The Bertz CT molecular complexity index is 403. The van der Waals surface area contributed by atoms with Gasteiger partial charge in [-0.3, -0.25) is 5.41 Å². The molecule has 0 aliphatic heterocycles. The van der Waals surface area contributed by atoms with E-state index in [0.29, 0.717) is 17.9 Å². The van der Waals surface area contributed by atoms with Crippen molar-refractivity contribution >= 4 is 17.4 Å². The second-order valence-corrected chi connectivity index (χ2v) is 3.99. The highest BCUT2D eigenvalue weighted by molar-refractivity contribution is 6.31. The maximum atomic E-state index is 13.0. The van der Waals surface area contributed by atoms with Crippen LogP contribution in [0.15, 0.2) is 12.1 Å². The van der Waals surface area contributed by atoms with Gasteiger partial charge in [-0.2, -0.15) is 0 Å². The molecule has 1 aromatic rings. The summed E-state index contributed by atoms with van der Waals surface area (Å²) in [6.45, 7) is 0. The smallest absolute Gasteiger partial charge is 0.124 e. The van der Waals surface area contributed by atoms with E-state index >= 15 is 0 Å². The van der Waals surface area contributed by atoms with Crippen molar-refractivity contribution in [1.29, 1.82) is 5.41 Å². The van der Waals surface area contributed by atoms with Crippen molar-refractivity contribution in [1.82, 2.24) is 0 Å². The molecule has 74 valence electrons. The predicted octanol–water partition coefficient (Wildman–Crippen LogP) is 2.13. The van der Waals surface area contributed by atoms with Crippen LogP contribution in [0.1, 0.15) is 11.1 Å². The van der Waals surface area contributed by atoms with Crippen LogP contribution >= 0.6 is 11.6 Å². The van der Waals surface area contributed by atoms with Crippen molar-refractivity contribution in [3.8, 4) is 0 Å². The van der Waals surface area contributed by atoms with Crippen molar-refractivity contribution in [3.05, 3.63) is 34.1 Å². The lowest BCUT2D eigenvalue weighted by atomic mass is 10.1. The number of nitrogens with one attached hydrogen (secondary N) is 1. The SMILES string of the molecule is N=C(N)C1Cc2cc(F)cc(Cl)c2C1. The number of amidine groups is 1. The van der Waals surface area contributed by atoms with Gasteiger partial charge in [-0.05, 0) is 36.1 Å². The van der Waals surface area contributed by atoms with Crippen LogP contribution in [0, 0.1) is 17.1 Å². The molecule has 0 bridgehead atoms. The summed E-state index contributed by atoms with van der Waals surface area (Å²) in [5.41, 5.74) is 7.23. The van der Waals surface area contributed by atoms with Crippen LogP contribution < -0.4 is 5.73 Å². The lowest BCUT2D eigenvalue weighted by molar-refractivity contribution is 0.625.